The Hall–Kier alpha value is -1.63. The van der Waals surface area contributed by atoms with Gasteiger partial charge in [-0.25, -0.2) is 0 Å². The van der Waals surface area contributed by atoms with Crippen molar-refractivity contribution in [3.05, 3.63) is 0 Å². The average molecular weight is 367 g/mol. The summed E-state index contributed by atoms with van der Waals surface area (Å²) in [4.78, 5) is 38.9. The highest BCUT2D eigenvalue weighted by molar-refractivity contribution is 5.86. The Labute approximate surface area is 156 Å². The normalized spacial score (nSPS) is 25.3. The van der Waals surface area contributed by atoms with Crippen molar-refractivity contribution in [2.24, 2.45) is 11.8 Å². The molecule has 0 aromatic rings. The van der Waals surface area contributed by atoms with Gasteiger partial charge in [-0.05, 0) is 25.7 Å². The molecule has 0 radical (unpaired) electrons. The Balaban J connectivity index is 1.90. The fourth-order valence-electron chi connectivity index (χ4n) is 3.87. The van der Waals surface area contributed by atoms with Gasteiger partial charge in [0.05, 0.1) is 6.61 Å². The van der Waals surface area contributed by atoms with Gasteiger partial charge < -0.3 is 20.3 Å². The lowest BCUT2D eigenvalue weighted by Gasteiger charge is -2.25. The molecule has 148 valence electrons. The van der Waals surface area contributed by atoms with Crippen molar-refractivity contribution in [3.63, 3.8) is 0 Å². The molecule has 2 unspecified atom stereocenters. The van der Waals surface area contributed by atoms with E-state index in [1.807, 2.05) is 0 Å². The van der Waals surface area contributed by atoms with Crippen LogP contribution in [0.25, 0.3) is 0 Å². The van der Waals surface area contributed by atoms with Crippen LogP contribution in [0.15, 0.2) is 0 Å². The van der Waals surface area contributed by atoms with Crippen molar-refractivity contribution in [2.45, 2.75) is 57.4 Å². The number of nitrogens with one attached hydrogen (secondary N) is 2. The maximum Gasteiger partial charge on any atom is 0.223 e. The number of hydrogen-bond acceptors (Lipinski definition) is 4. The Bertz CT molecular complexity index is 491. The number of rotatable bonds is 6. The molecule has 0 bridgehead atoms. The number of likely N-dealkylation sites (N-methyl/N-ethyl adjacent to an activating group) is 1. The van der Waals surface area contributed by atoms with Gasteiger partial charge in [-0.1, -0.05) is 19.3 Å². The number of ether oxygens (including phenoxy) is 1. The first-order valence-corrected chi connectivity index (χ1v) is 9.82. The van der Waals surface area contributed by atoms with Crippen LogP contribution in [0.5, 0.6) is 0 Å². The van der Waals surface area contributed by atoms with Crippen molar-refractivity contribution >= 4 is 17.7 Å². The van der Waals surface area contributed by atoms with Gasteiger partial charge in [0.25, 0.3) is 0 Å². The second-order valence-corrected chi connectivity index (χ2v) is 7.58. The molecule has 1 saturated heterocycles. The van der Waals surface area contributed by atoms with E-state index >= 15 is 0 Å². The quantitative estimate of drug-likeness (QED) is 0.688. The molecule has 1 aliphatic carbocycles. The van der Waals surface area contributed by atoms with Crippen molar-refractivity contribution in [3.8, 4) is 0 Å². The van der Waals surface area contributed by atoms with Crippen LogP contribution in [0.2, 0.25) is 0 Å². The van der Waals surface area contributed by atoms with Crippen LogP contribution in [0.3, 0.4) is 0 Å². The molecule has 1 saturated carbocycles. The van der Waals surface area contributed by atoms with Crippen LogP contribution in [-0.4, -0.2) is 62.5 Å². The van der Waals surface area contributed by atoms with Crippen LogP contribution < -0.4 is 10.6 Å². The van der Waals surface area contributed by atoms with Gasteiger partial charge in [-0.15, -0.1) is 0 Å². The smallest absolute Gasteiger partial charge is 0.223 e. The molecule has 3 amide bonds. The first kappa shape index (κ1) is 20.7. The SMILES string of the molecule is COCCNC(=O)C1CCCC(NC(=O)C2CCCC2)CN(C)C(=O)C1. The van der Waals surface area contributed by atoms with Gasteiger partial charge in [0.15, 0.2) is 0 Å². The highest BCUT2D eigenvalue weighted by Gasteiger charge is 2.29. The zero-order valence-corrected chi connectivity index (χ0v) is 16.1. The summed E-state index contributed by atoms with van der Waals surface area (Å²) in [7, 11) is 3.34. The molecule has 1 aliphatic heterocycles. The number of hydrogen-bond donors (Lipinski definition) is 2. The van der Waals surface area contributed by atoms with E-state index in [9.17, 15) is 14.4 Å². The molecule has 1 heterocycles. The number of amides is 3. The second-order valence-electron chi connectivity index (χ2n) is 7.58. The number of methoxy groups -OCH3 is 1. The molecule has 2 atom stereocenters. The molecular formula is C19H33N3O4. The van der Waals surface area contributed by atoms with Crippen LogP contribution in [0.1, 0.15) is 51.4 Å². The number of nitrogens with zero attached hydrogens (tertiary/aromatic N) is 1. The fraction of sp³-hybridized carbons (Fsp3) is 0.842. The predicted molar refractivity (Wildman–Crippen MR) is 98.4 cm³/mol. The van der Waals surface area contributed by atoms with Crippen LogP contribution in [-0.2, 0) is 19.1 Å². The van der Waals surface area contributed by atoms with Crippen LogP contribution in [0.4, 0.5) is 0 Å². The summed E-state index contributed by atoms with van der Waals surface area (Å²) in [6.45, 7) is 1.42. The molecule has 7 nitrogen and oxygen atoms in total. The predicted octanol–water partition coefficient (Wildman–Crippen LogP) is 1.07. The van der Waals surface area contributed by atoms with Crippen molar-refractivity contribution < 1.29 is 19.1 Å². The molecular weight excluding hydrogens is 334 g/mol. The molecule has 0 aromatic carbocycles. The molecule has 26 heavy (non-hydrogen) atoms. The first-order valence-electron chi connectivity index (χ1n) is 9.82. The fourth-order valence-corrected chi connectivity index (χ4v) is 3.87. The lowest BCUT2D eigenvalue weighted by Crippen LogP contribution is -2.45. The zero-order chi connectivity index (χ0) is 18.9. The van der Waals surface area contributed by atoms with Gasteiger partial charge in [-0.2, -0.15) is 0 Å². The maximum absolute atomic E-state index is 12.5. The van der Waals surface area contributed by atoms with E-state index in [2.05, 4.69) is 10.6 Å². The molecule has 2 fully saturated rings. The lowest BCUT2D eigenvalue weighted by atomic mass is 9.96. The highest BCUT2D eigenvalue weighted by Crippen LogP contribution is 2.25. The van der Waals surface area contributed by atoms with Crippen molar-refractivity contribution in [1.29, 1.82) is 0 Å². The number of carbonyl (C=O) groups excluding carboxylic acids is 3. The maximum atomic E-state index is 12.5. The van der Waals surface area contributed by atoms with E-state index in [1.54, 1.807) is 19.1 Å². The van der Waals surface area contributed by atoms with E-state index in [-0.39, 0.29) is 42.0 Å². The van der Waals surface area contributed by atoms with E-state index in [1.165, 1.54) is 0 Å². The standard InChI is InChI=1S/C19H33N3O4/c1-22-13-16(21-19(25)14-6-3-4-7-14)9-5-8-15(12-17(22)23)18(24)20-10-11-26-2/h14-16H,3-13H2,1-2H3,(H,20,24)(H,21,25). The van der Waals surface area contributed by atoms with Crippen LogP contribution in [0, 0.1) is 11.8 Å². The topological polar surface area (TPSA) is 87.7 Å². The molecule has 2 N–H and O–H groups in total. The minimum absolute atomic E-state index is 0.0349. The second kappa shape index (κ2) is 10.5. The van der Waals surface area contributed by atoms with E-state index in [0.717, 1.165) is 38.5 Å². The summed E-state index contributed by atoms with van der Waals surface area (Å²) in [5, 5.41) is 5.98. The average Bonchev–Trinajstić information content (AvgIpc) is 3.15. The van der Waals surface area contributed by atoms with Gasteiger partial charge in [0.1, 0.15) is 0 Å². The molecule has 2 aliphatic rings. The van der Waals surface area contributed by atoms with Crippen molar-refractivity contribution in [2.75, 3.05) is 33.9 Å². The molecule has 7 heteroatoms. The summed E-state index contributed by atoms with van der Waals surface area (Å²) >= 11 is 0. The Morgan fingerprint density at radius 2 is 1.77 bits per heavy atom. The van der Waals surface area contributed by atoms with Gasteiger partial charge in [0, 0.05) is 51.5 Å². The van der Waals surface area contributed by atoms with Gasteiger partial charge in [-0.3, -0.25) is 14.4 Å². The van der Waals surface area contributed by atoms with E-state index in [0.29, 0.717) is 26.1 Å². The zero-order valence-electron chi connectivity index (χ0n) is 16.1. The van der Waals surface area contributed by atoms with E-state index in [4.69, 9.17) is 4.74 Å². The summed E-state index contributed by atoms with van der Waals surface area (Å²) in [6, 6.07) is -0.0349. The monoisotopic (exact) mass is 367 g/mol. The molecule has 0 spiro atoms. The first-order chi connectivity index (χ1) is 12.5. The third-order valence-electron chi connectivity index (χ3n) is 5.49. The molecule has 0 aromatic heterocycles. The summed E-state index contributed by atoms with van der Waals surface area (Å²) in [5.74, 6) is -0.188. The summed E-state index contributed by atoms with van der Waals surface area (Å²) < 4.78 is 4.95. The summed E-state index contributed by atoms with van der Waals surface area (Å²) in [6.07, 6.45) is 6.68. The third-order valence-corrected chi connectivity index (χ3v) is 5.49. The third kappa shape index (κ3) is 6.27. The Kier molecular flexibility index (Phi) is 8.35. The van der Waals surface area contributed by atoms with E-state index < -0.39 is 0 Å². The van der Waals surface area contributed by atoms with Gasteiger partial charge in [0.2, 0.25) is 17.7 Å². The summed E-state index contributed by atoms with van der Waals surface area (Å²) in [5.41, 5.74) is 0. The number of carbonyl (C=O) groups is 3. The van der Waals surface area contributed by atoms with Crippen molar-refractivity contribution in [1.82, 2.24) is 15.5 Å². The minimum atomic E-state index is -0.314. The largest absolute Gasteiger partial charge is 0.383 e. The minimum Gasteiger partial charge on any atom is -0.383 e. The van der Waals surface area contributed by atoms with Crippen LogP contribution >= 0.6 is 0 Å². The van der Waals surface area contributed by atoms with Gasteiger partial charge >= 0.3 is 0 Å². The molecule has 2 rings (SSSR count). The Morgan fingerprint density at radius 1 is 1.08 bits per heavy atom. The highest BCUT2D eigenvalue weighted by atomic mass is 16.5. The lowest BCUT2D eigenvalue weighted by molar-refractivity contribution is -0.135. The Morgan fingerprint density at radius 3 is 2.46 bits per heavy atom.